The van der Waals surface area contributed by atoms with Crippen LogP contribution in [-0.2, 0) is 11.3 Å². The van der Waals surface area contributed by atoms with Crippen molar-refractivity contribution in [3.63, 3.8) is 0 Å². The molecule has 3 aromatic rings. The summed E-state index contributed by atoms with van der Waals surface area (Å²) in [7, 11) is 1.64. The topological polar surface area (TPSA) is 102 Å². The molecule has 0 saturated carbocycles. The summed E-state index contributed by atoms with van der Waals surface area (Å²) in [6.45, 7) is 7.52. The first-order valence-electron chi connectivity index (χ1n) is 9.59. The van der Waals surface area contributed by atoms with E-state index in [0.717, 1.165) is 5.56 Å². The average molecular weight is 406 g/mol. The average Bonchev–Trinajstić information content (AvgIpc) is 3.07. The number of ether oxygens (including phenoxy) is 1. The summed E-state index contributed by atoms with van der Waals surface area (Å²) in [5.74, 6) is 0.547. The number of H-pyrrole nitrogens is 1. The van der Waals surface area contributed by atoms with Crippen LogP contribution >= 0.6 is 0 Å². The minimum absolute atomic E-state index is 0.198. The Labute approximate surface area is 175 Å². The van der Waals surface area contributed by atoms with E-state index >= 15 is 0 Å². The van der Waals surface area contributed by atoms with Gasteiger partial charge in [-0.15, -0.1) is 0 Å². The van der Waals surface area contributed by atoms with Crippen LogP contribution in [0.15, 0.2) is 66.1 Å². The van der Waals surface area contributed by atoms with E-state index in [-0.39, 0.29) is 11.5 Å². The first kappa shape index (κ1) is 21.1. The zero-order valence-electron chi connectivity index (χ0n) is 17.2. The standard InChI is InChI=1S/C22H26N6O2/c1-4-5-9-12-27(13-14-30-3)16(2)20-25-19(23)18-21(26-20)28(22(29)24-18)15-17-10-7-6-8-11-17/h4-12H,2,13-15H2,1,3H3,(H,24,29)(H2,23,25,26). The number of aromatic amines is 1. The van der Waals surface area contributed by atoms with E-state index in [2.05, 4.69) is 21.5 Å². The van der Waals surface area contributed by atoms with Gasteiger partial charge < -0.3 is 20.4 Å². The normalized spacial score (nSPS) is 11.7. The largest absolute Gasteiger partial charge is 0.383 e. The smallest absolute Gasteiger partial charge is 0.328 e. The molecule has 0 amide bonds. The van der Waals surface area contributed by atoms with E-state index in [1.807, 2.05) is 66.6 Å². The van der Waals surface area contributed by atoms with Gasteiger partial charge in [0, 0.05) is 19.9 Å². The third-order valence-corrected chi connectivity index (χ3v) is 4.54. The summed E-state index contributed by atoms with van der Waals surface area (Å²) < 4.78 is 6.75. The van der Waals surface area contributed by atoms with Crippen molar-refractivity contribution >= 4 is 22.7 Å². The van der Waals surface area contributed by atoms with Crippen LogP contribution in [0, 0.1) is 0 Å². The highest BCUT2D eigenvalue weighted by Crippen LogP contribution is 2.21. The number of nitrogens with zero attached hydrogens (tertiary/aromatic N) is 4. The van der Waals surface area contributed by atoms with Gasteiger partial charge in [0.25, 0.3) is 0 Å². The van der Waals surface area contributed by atoms with E-state index in [0.29, 0.717) is 42.4 Å². The Hall–Kier alpha value is -3.65. The van der Waals surface area contributed by atoms with Gasteiger partial charge in [0.15, 0.2) is 17.3 Å². The van der Waals surface area contributed by atoms with Crippen LogP contribution in [0.5, 0.6) is 0 Å². The first-order valence-corrected chi connectivity index (χ1v) is 9.59. The number of methoxy groups -OCH3 is 1. The molecule has 0 aliphatic heterocycles. The molecule has 0 bridgehead atoms. The van der Waals surface area contributed by atoms with Gasteiger partial charge in [0.1, 0.15) is 5.52 Å². The zero-order valence-corrected chi connectivity index (χ0v) is 17.2. The lowest BCUT2D eigenvalue weighted by Gasteiger charge is -2.21. The second-order valence-corrected chi connectivity index (χ2v) is 6.63. The van der Waals surface area contributed by atoms with E-state index in [4.69, 9.17) is 10.5 Å². The number of aromatic nitrogens is 4. The number of fused-ring (bicyclic) bond motifs is 1. The molecule has 3 rings (SSSR count). The molecule has 30 heavy (non-hydrogen) atoms. The number of nitrogen functional groups attached to an aromatic ring is 1. The van der Waals surface area contributed by atoms with E-state index < -0.39 is 0 Å². The quantitative estimate of drug-likeness (QED) is 0.530. The van der Waals surface area contributed by atoms with Crippen LogP contribution < -0.4 is 11.4 Å². The van der Waals surface area contributed by atoms with Crippen LogP contribution in [0.2, 0.25) is 0 Å². The molecule has 0 unspecified atom stereocenters. The molecule has 0 aliphatic rings. The Balaban J connectivity index is 2.02. The fourth-order valence-corrected chi connectivity index (χ4v) is 2.98. The van der Waals surface area contributed by atoms with Gasteiger partial charge >= 0.3 is 5.69 Å². The Morgan fingerprint density at radius 1 is 1.30 bits per heavy atom. The number of hydrogen-bond acceptors (Lipinski definition) is 6. The molecule has 0 radical (unpaired) electrons. The molecule has 0 aliphatic carbocycles. The van der Waals surface area contributed by atoms with E-state index in [1.165, 1.54) is 0 Å². The number of imidazole rings is 1. The highest BCUT2D eigenvalue weighted by Gasteiger charge is 2.17. The number of nitrogens with one attached hydrogen (secondary N) is 1. The molecule has 3 N–H and O–H groups in total. The summed E-state index contributed by atoms with van der Waals surface area (Å²) in [6.07, 6.45) is 7.61. The molecular formula is C22H26N6O2. The SMILES string of the molecule is C=C(c1nc(N)c2[nH]c(=O)n(Cc3ccccc3)c2n1)N(C=CC=CC)CCOC. The van der Waals surface area contributed by atoms with E-state index in [9.17, 15) is 4.79 Å². The van der Waals surface area contributed by atoms with Gasteiger partial charge in [0.2, 0.25) is 0 Å². The number of allylic oxidation sites excluding steroid dienone is 3. The van der Waals surface area contributed by atoms with Gasteiger partial charge in [-0.3, -0.25) is 4.57 Å². The minimum atomic E-state index is -0.290. The Bertz CT molecular complexity index is 1130. The Morgan fingerprint density at radius 3 is 2.77 bits per heavy atom. The van der Waals surface area contributed by atoms with Crippen molar-refractivity contribution < 1.29 is 4.74 Å². The Morgan fingerprint density at radius 2 is 2.07 bits per heavy atom. The van der Waals surface area contributed by atoms with Crippen molar-refractivity contribution in [2.45, 2.75) is 13.5 Å². The van der Waals surface area contributed by atoms with Crippen LogP contribution in [0.4, 0.5) is 5.82 Å². The van der Waals surface area contributed by atoms with Crippen LogP contribution in [0.25, 0.3) is 16.9 Å². The fourth-order valence-electron chi connectivity index (χ4n) is 2.98. The maximum atomic E-state index is 12.5. The van der Waals surface area contributed by atoms with Crippen molar-refractivity contribution in [2.24, 2.45) is 0 Å². The molecule has 0 atom stereocenters. The van der Waals surface area contributed by atoms with Crippen molar-refractivity contribution in [3.05, 3.63) is 83.2 Å². The van der Waals surface area contributed by atoms with Gasteiger partial charge in [0.05, 0.1) is 18.8 Å². The maximum absolute atomic E-state index is 12.5. The molecule has 8 nitrogen and oxygen atoms in total. The summed E-state index contributed by atoms with van der Waals surface area (Å²) >= 11 is 0. The zero-order chi connectivity index (χ0) is 21.5. The fraction of sp³-hybridized carbons (Fsp3) is 0.227. The molecule has 1 aromatic carbocycles. The van der Waals surface area contributed by atoms with Crippen LogP contribution in [0.3, 0.4) is 0 Å². The number of anilines is 1. The summed E-state index contributed by atoms with van der Waals surface area (Å²) in [6, 6.07) is 9.69. The summed E-state index contributed by atoms with van der Waals surface area (Å²) in [4.78, 5) is 26.2. The lowest BCUT2D eigenvalue weighted by atomic mass is 10.2. The second kappa shape index (κ2) is 9.71. The maximum Gasteiger partial charge on any atom is 0.328 e. The lowest BCUT2D eigenvalue weighted by Crippen LogP contribution is -2.22. The number of benzene rings is 1. The molecule has 2 aromatic heterocycles. The molecule has 0 spiro atoms. The summed E-state index contributed by atoms with van der Waals surface area (Å²) in [5, 5.41) is 0. The molecule has 156 valence electrons. The number of hydrogen-bond donors (Lipinski definition) is 2. The highest BCUT2D eigenvalue weighted by molar-refractivity contribution is 5.83. The molecule has 8 heteroatoms. The van der Waals surface area contributed by atoms with E-state index in [1.54, 1.807) is 11.7 Å². The van der Waals surface area contributed by atoms with Crippen LogP contribution in [-0.4, -0.2) is 44.7 Å². The van der Waals surface area contributed by atoms with Gasteiger partial charge in [-0.2, -0.15) is 0 Å². The van der Waals surface area contributed by atoms with Crippen molar-refractivity contribution in [2.75, 3.05) is 26.0 Å². The van der Waals surface area contributed by atoms with Crippen LogP contribution in [0.1, 0.15) is 18.3 Å². The molecule has 0 saturated heterocycles. The lowest BCUT2D eigenvalue weighted by molar-refractivity contribution is 0.184. The highest BCUT2D eigenvalue weighted by atomic mass is 16.5. The van der Waals surface area contributed by atoms with Crippen molar-refractivity contribution in [1.29, 1.82) is 0 Å². The number of rotatable bonds is 9. The summed E-state index contributed by atoms with van der Waals surface area (Å²) in [5.41, 5.74) is 8.25. The minimum Gasteiger partial charge on any atom is -0.383 e. The molecule has 0 fully saturated rings. The number of nitrogens with two attached hydrogens (primary N) is 1. The third-order valence-electron chi connectivity index (χ3n) is 4.54. The van der Waals surface area contributed by atoms with Crippen molar-refractivity contribution in [1.82, 2.24) is 24.4 Å². The van der Waals surface area contributed by atoms with Gasteiger partial charge in [-0.25, -0.2) is 14.8 Å². The predicted molar refractivity (Wildman–Crippen MR) is 120 cm³/mol. The second-order valence-electron chi connectivity index (χ2n) is 6.63. The molecular weight excluding hydrogens is 380 g/mol. The first-order chi connectivity index (χ1) is 14.5. The van der Waals surface area contributed by atoms with Gasteiger partial charge in [-0.05, 0) is 18.6 Å². The third kappa shape index (κ3) is 4.66. The monoisotopic (exact) mass is 406 g/mol. The predicted octanol–water partition coefficient (Wildman–Crippen LogP) is 2.76. The van der Waals surface area contributed by atoms with Gasteiger partial charge in [-0.1, -0.05) is 49.1 Å². The van der Waals surface area contributed by atoms with Crippen molar-refractivity contribution in [3.8, 4) is 0 Å². The molecule has 2 heterocycles. The Kier molecular flexibility index (Phi) is 6.82.